The van der Waals surface area contributed by atoms with Crippen LogP contribution in [0, 0.1) is 11.4 Å². The summed E-state index contributed by atoms with van der Waals surface area (Å²) < 4.78 is 6.72. The van der Waals surface area contributed by atoms with Gasteiger partial charge in [-0.3, -0.25) is 4.79 Å². The average Bonchev–Trinajstić information content (AvgIpc) is 2.50. The van der Waals surface area contributed by atoms with Crippen molar-refractivity contribution in [2.24, 2.45) is 0 Å². The summed E-state index contributed by atoms with van der Waals surface area (Å²) in [6, 6.07) is 15.4. The van der Waals surface area contributed by atoms with Gasteiger partial charge in [0, 0.05) is 18.6 Å². The summed E-state index contributed by atoms with van der Waals surface area (Å²) >= 11 is 5.53. The Hall–Kier alpha value is -2.46. The van der Waals surface area contributed by atoms with Crippen molar-refractivity contribution in [1.82, 2.24) is 0 Å². The Morgan fingerprint density at radius 2 is 1.86 bits per heavy atom. The summed E-state index contributed by atoms with van der Waals surface area (Å²) in [5.74, 6) is 0.591. The Labute approximate surface area is 133 Å². The molecule has 3 aromatic rings. The number of aryl methyl sites for hydroxylation is 1. The minimum Gasteiger partial charge on any atom is -0.456 e. The number of amides is 1. The van der Waals surface area contributed by atoms with E-state index in [9.17, 15) is 4.79 Å². The minimum atomic E-state index is -0.133. The number of rotatable bonds is 2. The maximum absolute atomic E-state index is 11.4. The van der Waals surface area contributed by atoms with Crippen molar-refractivity contribution in [3.05, 3.63) is 58.6 Å². The molecule has 1 N–H and O–H groups in total. The molecule has 0 unspecified atom stereocenters. The van der Waals surface area contributed by atoms with Crippen LogP contribution in [-0.4, -0.2) is 5.91 Å². The lowest BCUT2D eigenvalue weighted by Gasteiger charge is -2.11. The Kier molecular flexibility index (Phi) is 3.77. The van der Waals surface area contributed by atoms with Crippen LogP contribution in [0.1, 0.15) is 12.5 Å². The maximum Gasteiger partial charge on any atom is 0.221 e. The van der Waals surface area contributed by atoms with Gasteiger partial charge in [-0.1, -0.05) is 48.6 Å². The predicted molar refractivity (Wildman–Crippen MR) is 91.5 cm³/mol. The number of carbonyl (C=O) groups excluding carboxylic acids is 1. The minimum absolute atomic E-state index is 0.133. The number of hydrogen-bond donors (Lipinski definition) is 1. The van der Waals surface area contributed by atoms with E-state index in [0.717, 1.165) is 22.3 Å². The zero-order valence-electron chi connectivity index (χ0n) is 12.3. The fraction of sp³-hybridized carbons (Fsp3) is 0.111. The van der Waals surface area contributed by atoms with Crippen LogP contribution in [0.5, 0.6) is 0 Å². The third kappa shape index (κ3) is 2.65. The molecule has 0 saturated carbocycles. The molecular weight excluding hydrogens is 294 g/mol. The molecule has 1 heterocycles. The summed E-state index contributed by atoms with van der Waals surface area (Å²) in [6.45, 7) is 3.44. The van der Waals surface area contributed by atoms with Gasteiger partial charge in [0.15, 0.2) is 0 Å². The van der Waals surface area contributed by atoms with E-state index in [1.165, 1.54) is 6.92 Å². The first-order chi connectivity index (χ1) is 10.6. The molecule has 4 heteroatoms. The number of benzene rings is 2. The van der Waals surface area contributed by atoms with Crippen molar-refractivity contribution in [2.45, 2.75) is 13.8 Å². The van der Waals surface area contributed by atoms with Crippen LogP contribution in [0.2, 0.25) is 0 Å². The molecule has 0 fully saturated rings. The summed E-state index contributed by atoms with van der Waals surface area (Å²) in [6.07, 6.45) is 0. The third-order valence-corrected chi connectivity index (χ3v) is 3.77. The standard InChI is InChI=1S/C18H15NO2S/c1-11-8-9-14(19-12(2)20)17-16(22)10-15(21-18(11)17)13-6-4-3-5-7-13/h3-10H,1-2H3,(H,19,20). The number of fused-ring (bicyclic) bond motifs is 1. The molecule has 0 aliphatic heterocycles. The molecular formula is C18H15NO2S. The highest BCUT2D eigenvalue weighted by Gasteiger charge is 2.11. The number of anilines is 1. The topological polar surface area (TPSA) is 42.2 Å². The molecule has 0 saturated heterocycles. The van der Waals surface area contributed by atoms with Crippen LogP contribution < -0.4 is 5.32 Å². The van der Waals surface area contributed by atoms with E-state index in [1.54, 1.807) is 0 Å². The van der Waals surface area contributed by atoms with Gasteiger partial charge >= 0.3 is 0 Å². The molecule has 0 spiro atoms. The van der Waals surface area contributed by atoms with E-state index in [0.29, 0.717) is 15.8 Å². The predicted octanol–water partition coefficient (Wildman–Crippen LogP) is 5.10. The molecule has 0 radical (unpaired) electrons. The van der Waals surface area contributed by atoms with Gasteiger partial charge < -0.3 is 9.73 Å². The Bertz CT molecular complexity index is 914. The van der Waals surface area contributed by atoms with Crippen LogP contribution in [0.25, 0.3) is 22.3 Å². The molecule has 0 aliphatic carbocycles. The molecule has 2 aromatic carbocycles. The highest BCUT2D eigenvalue weighted by atomic mass is 32.1. The van der Waals surface area contributed by atoms with Gasteiger partial charge in [0.2, 0.25) is 5.91 Å². The zero-order chi connectivity index (χ0) is 15.7. The van der Waals surface area contributed by atoms with Crippen LogP contribution >= 0.6 is 12.2 Å². The third-order valence-electron chi connectivity index (χ3n) is 3.44. The Balaban J connectivity index is 2.29. The van der Waals surface area contributed by atoms with E-state index < -0.39 is 0 Å². The highest BCUT2D eigenvalue weighted by molar-refractivity contribution is 7.71. The fourth-order valence-electron chi connectivity index (χ4n) is 2.43. The normalized spacial score (nSPS) is 10.6. The highest BCUT2D eigenvalue weighted by Crippen LogP contribution is 2.32. The van der Waals surface area contributed by atoms with Crippen molar-refractivity contribution in [3.8, 4) is 11.3 Å². The molecule has 0 bridgehead atoms. The second-order valence-electron chi connectivity index (χ2n) is 5.16. The van der Waals surface area contributed by atoms with E-state index in [2.05, 4.69) is 5.32 Å². The number of hydrogen-bond acceptors (Lipinski definition) is 3. The molecule has 0 aliphatic rings. The van der Waals surface area contributed by atoms with Crippen molar-refractivity contribution < 1.29 is 9.21 Å². The van der Waals surface area contributed by atoms with E-state index >= 15 is 0 Å². The Morgan fingerprint density at radius 1 is 1.14 bits per heavy atom. The van der Waals surface area contributed by atoms with Crippen molar-refractivity contribution in [2.75, 3.05) is 5.32 Å². The van der Waals surface area contributed by atoms with Crippen molar-refractivity contribution in [1.29, 1.82) is 0 Å². The summed E-state index contributed by atoms with van der Waals surface area (Å²) in [5, 5.41) is 3.58. The van der Waals surface area contributed by atoms with Gasteiger partial charge in [0.1, 0.15) is 11.3 Å². The lowest BCUT2D eigenvalue weighted by Crippen LogP contribution is -2.06. The molecule has 1 amide bonds. The molecule has 0 atom stereocenters. The fourth-order valence-corrected chi connectivity index (χ4v) is 2.74. The zero-order valence-corrected chi connectivity index (χ0v) is 13.2. The summed E-state index contributed by atoms with van der Waals surface area (Å²) in [5.41, 5.74) is 3.34. The van der Waals surface area contributed by atoms with E-state index in [1.807, 2.05) is 55.5 Å². The number of carbonyl (C=O) groups is 1. The molecule has 3 rings (SSSR count). The van der Waals surface area contributed by atoms with Crippen LogP contribution in [0.15, 0.2) is 52.9 Å². The average molecular weight is 309 g/mol. The van der Waals surface area contributed by atoms with Crippen LogP contribution in [0.4, 0.5) is 5.69 Å². The second-order valence-corrected chi connectivity index (χ2v) is 5.60. The number of nitrogens with one attached hydrogen (secondary N) is 1. The largest absolute Gasteiger partial charge is 0.456 e. The van der Waals surface area contributed by atoms with Gasteiger partial charge in [0.25, 0.3) is 0 Å². The van der Waals surface area contributed by atoms with Crippen LogP contribution in [-0.2, 0) is 4.79 Å². The van der Waals surface area contributed by atoms with Gasteiger partial charge in [-0.2, -0.15) is 0 Å². The lowest BCUT2D eigenvalue weighted by molar-refractivity contribution is -0.114. The van der Waals surface area contributed by atoms with Gasteiger partial charge in [0.05, 0.1) is 15.6 Å². The molecule has 3 nitrogen and oxygen atoms in total. The maximum atomic E-state index is 11.4. The quantitative estimate of drug-likeness (QED) is 0.670. The van der Waals surface area contributed by atoms with Gasteiger partial charge in [-0.05, 0) is 18.6 Å². The smallest absolute Gasteiger partial charge is 0.221 e. The summed E-state index contributed by atoms with van der Waals surface area (Å²) in [7, 11) is 0. The lowest BCUT2D eigenvalue weighted by atomic mass is 10.1. The first kappa shape index (κ1) is 14.5. The summed E-state index contributed by atoms with van der Waals surface area (Å²) in [4.78, 5) is 11.4. The van der Waals surface area contributed by atoms with Gasteiger partial charge in [-0.15, -0.1) is 0 Å². The second kappa shape index (κ2) is 5.73. The van der Waals surface area contributed by atoms with Crippen molar-refractivity contribution in [3.63, 3.8) is 0 Å². The SMILES string of the molecule is CC(=O)Nc1ccc(C)c2oc(-c3ccccc3)cc(=S)c12. The van der Waals surface area contributed by atoms with Crippen molar-refractivity contribution >= 4 is 34.8 Å². The van der Waals surface area contributed by atoms with Gasteiger partial charge in [-0.25, -0.2) is 0 Å². The first-order valence-corrected chi connectivity index (χ1v) is 7.37. The Morgan fingerprint density at radius 3 is 2.55 bits per heavy atom. The molecule has 110 valence electrons. The monoisotopic (exact) mass is 309 g/mol. The molecule has 1 aromatic heterocycles. The van der Waals surface area contributed by atoms with Crippen LogP contribution in [0.3, 0.4) is 0 Å². The molecule has 22 heavy (non-hydrogen) atoms. The van der Waals surface area contributed by atoms with E-state index in [4.69, 9.17) is 16.6 Å². The van der Waals surface area contributed by atoms with E-state index in [-0.39, 0.29) is 5.91 Å². The first-order valence-electron chi connectivity index (χ1n) is 6.97.